The van der Waals surface area contributed by atoms with Crippen molar-refractivity contribution in [3.8, 4) is 5.75 Å². The lowest BCUT2D eigenvalue weighted by atomic mass is 10.00. The predicted molar refractivity (Wildman–Crippen MR) is 141 cm³/mol. The molecule has 0 unspecified atom stereocenters. The fourth-order valence-corrected chi connectivity index (χ4v) is 5.49. The molecule has 0 spiro atoms. The highest BCUT2D eigenvalue weighted by molar-refractivity contribution is 7.10. The Bertz CT molecular complexity index is 1230. The summed E-state index contributed by atoms with van der Waals surface area (Å²) < 4.78 is 19.5. The molecule has 0 N–H and O–H groups in total. The summed E-state index contributed by atoms with van der Waals surface area (Å²) in [5.74, 6) is 0.0362. The Morgan fingerprint density at radius 2 is 1.94 bits per heavy atom. The zero-order valence-corrected chi connectivity index (χ0v) is 22.2. The van der Waals surface area contributed by atoms with Crippen molar-refractivity contribution in [3.05, 3.63) is 86.3 Å². The van der Waals surface area contributed by atoms with Gasteiger partial charge >= 0.3 is 0 Å². The van der Waals surface area contributed by atoms with Crippen molar-refractivity contribution in [2.75, 3.05) is 26.2 Å². The van der Waals surface area contributed by atoms with E-state index in [4.69, 9.17) is 16.3 Å². The molecule has 1 aromatic heterocycles. The summed E-state index contributed by atoms with van der Waals surface area (Å²) in [5, 5.41) is 2.72. The summed E-state index contributed by atoms with van der Waals surface area (Å²) in [6.07, 6.45) is 0.769. The molecule has 5 nitrogen and oxygen atoms in total. The van der Waals surface area contributed by atoms with Crippen LogP contribution in [0.2, 0.25) is 5.02 Å². The van der Waals surface area contributed by atoms with Crippen molar-refractivity contribution >= 4 is 34.8 Å². The van der Waals surface area contributed by atoms with E-state index in [2.05, 4.69) is 6.07 Å². The Kier molecular flexibility index (Phi) is 8.32. The molecule has 8 heteroatoms. The SMILES string of the molecule is Cc1cc(OC[C@H]2c3ccsc3CCN2C(=O)CN(CC(C)C)C(=O)c2ccc(F)cc2)ccc1Cl. The number of amides is 2. The number of hydrogen-bond donors (Lipinski definition) is 0. The number of ether oxygens (including phenoxy) is 1. The molecule has 0 fully saturated rings. The summed E-state index contributed by atoms with van der Waals surface area (Å²) in [5.41, 5.74) is 2.37. The van der Waals surface area contributed by atoms with Crippen LogP contribution in [0.1, 0.15) is 46.3 Å². The first-order valence-electron chi connectivity index (χ1n) is 12.0. The molecule has 4 rings (SSSR count). The van der Waals surface area contributed by atoms with Crippen LogP contribution in [0, 0.1) is 18.7 Å². The van der Waals surface area contributed by atoms with Gasteiger partial charge < -0.3 is 14.5 Å². The summed E-state index contributed by atoms with van der Waals surface area (Å²) in [6, 6.07) is 12.7. The average molecular weight is 529 g/mol. The minimum absolute atomic E-state index is 0.0512. The third kappa shape index (κ3) is 6.08. The fraction of sp³-hybridized carbons (Fsp3) is 0.357. The Balaban J connectivity index is 1.53. The summed E-state index contributed by atoms with van der Waals surface area (Å²) >= 11 is 7.84. The average Bonchev–Trinajstić information content (AvgIpc) is 3.33. The van der Waals surface area contributed by atoms with E-state index in [9.17, 15) is 14.0 Å². The van der Waals surface area contributed by atoms with Crippen LogP contribution < -0.4 is 4.74 Å². The molecule has 2 aromatic carbocycles. The zero-order valence-electron chi connectivity index (χ0n) is 20.7. The van der Waals surface area contributed by atoms with Crippen LogP contribution in [-0.4, -0.2) is 47.9 Å². The van der Waals surface area contributed by atoms with Crippen LogP contribution in [0.15, 0.2) is 53.9 Å². The minimum atomic E-state index is -0.406. The van der Waals surface area contributed by atoms with Crippen LogP contribution in [0.4, 0.5) is 4.39 Å². The van der Waals surface area contributed by atoms with E-state index in [1.807, 2.05) is 43.2 Å². The third-order valence-corrected chi connectivity index (χ3v) is 7.66. The van der Waals surface area contributed by atoms with Gasteiger partial charge in [-0.3, -0.25) is 9.59 Å². The van der Waals surface area contributed by atoms with Crippen molar-refractivity contribution in [1.82, 2.24) is 9.80 Å². The predicted octanol–water partition coefficient (Wildman–Crippen LogP) is 6.15. The number of aryl methyl sites for hydroxylation is 1. The Hall–Kier alpha value is -2.90. The number of nitrogens with zero attached hydrogens (tertiary/aromatic N) is 2. The lowest BCUT2D eigenvalue weighted by molar-refractivity contribution is -0.135. The van der Waals surface area contributed by atoms with Gasteiger partial charge in [-0.25, -0.2) is 4.39 Å². The smallest absolute Gasteiger partial charge is 0.254 e. The van der Waals surface area contributed by atoms with Gasteiger partial charge in [0.1, 0.15) is 24.7 Å². The highest BCUT2D eigenvalue weighted by Gasteiger charge is 2.33. The lowest BCUT2D eigenvalue weighted by Gasteiger charge is -2.37. The van der Waals surface area contributed by atoms with Gasteiger partial charge in [-0.15, -0.1) is 11.3 Å². The van der Waals surface area contributed by atoms with Crippen LogP contribution in [0.5, 0.6) is 5.75 Å². The van der Waals surface area contributed by atoms with E-state index in [1.54, 1.807) is 22.3 Å². The molecule has 1 aliphatic rings. The lowest BCUT2D eigenvalue weighted by Crippen LogP contribution is -2.48. The molecule has 2 heterocycles. The van der Waals surface area contributed by atoms with Gasteiger partial charge in [0.25, 0.3) is 5.91 Å². The summed E-state index contributed by atoms with van der Waals surface area (Å²) in [6.45, 7) is 7.14. The Labute approximate surface area is 220 Å². The molecule has 1 aliphatic heterocycles. The number of rotatable bonds is 8. The number of carbonyl (C=O) groups excluding carboxylic acids is 2. The largest absolute Gasteiger partial charge is 0.491 e. The van der Waals surface area contributed by atoms with Gasteiger partial charge in [-0.05, 0) is 84.3 Å². The van der Waals surface area contributed by atoms with Crippen molar-refractivity contribution < 1.29 is 18.7 Å². The fourth-order valence-electron chi connectivity index (χ4n) is 4.45. The monoisotopic (exact) mass is 528 g/mol. The number of fused-ring (bicyclic) bond motifs is 1. The van der Waals surface area contributed by atoms with E-state index in [-0.39, 0.29) is 30.3 Å². The first kappa shape index (κ1) is 26.2. The van der Waals surface area contributed by atoms with E-state index >= 15 is 0 Å². The maximum absolute atomic E-state index is 13.6. The van der Waals surface area contributed by atoms with E-state index in [0.717, 1.165) is 17.5 Å². The quantitative estimate of drug-likeness (QED) is 0.352. The molecule has 0 bridgehead atoms. The molecular weight excluding hydrogens is 499 g/mol. The van der Waals surface area contributed by atoms with Crippen molar-refractivity contribution in [2.45, 2.75) is 33.2 Å². The number of carbonyl (C=O) groups is 2. The minimum Gasteiger partial charge on any atom is -0.491 e. The van der Waals surface area contributed by atoms with Crippen molar-refractivity contribution in [1.29, 1.82) is 0 Å². The molecule has 2 amide bonds. The molecule has 0 radical (unpaired) electrons. The molecular formula is C28H30ClFN2O3S. The van der Waals surface area contributed by atoms with Crippen molar-refractivity contribution in [3.63, 3.8) is 0 Å². The molecule has 0 aliphatic carbocycles. The van der Waals surface area contributed by atoms with Crippen LogP contribution >= 0.6 is 22.9 Å². The molecule has 1 atom stereocenters. The molecule has 36 heavy (non-hydrogen) atoms. The van der Waals surface area contributed by atoms with Gasteiger partial charge in [0.2, 0.25) is 5.91 Å². The molecule has 0 saturated heterocycles. The zero-order chi connectivity index (χ0) is 25.8. The topological polar surface area (TPSA) is 49.9 Å². The molecule has 0 saturated carbocycles. The highest BCUT2D eigenvalue weighted by Crippen LogP contribution is 2.34. The standard InChI is InChI=1S/C28H30ClFN2O3S/c1-18(2)15-31(28(34)20-4-6-21(30)7-5-20)16-27(33)32-12-10-26-23(11-13-36-26)25(32)17-35-22-8-9-24(29)19(3)14-22/h4-9,11,13-14,18,25H,10,12,15-17H2,1-3H3/t25-/m0/s1. The van der Waals surface area contributed by atoms with Crippen LogP contribution in [0.25, 0.3) is 0 Å². The first-order chi connectivity index (χ1) is 17.2. The van der Waals surface area contributed by atoms with Gasteiger partial charge in [0, 0.05) is 28.6 Å². The number of benzene rings is 2. The van der Waals surface area contributed by atoms with Gasteiger partial charge in [0.05, 0.1) is 6.04 Å². The van der Waals surface area contributed by atoms with Crippen LogP contribution in [-0.2, 0) is 11.2 Å². The maximum Gasteiger partial charge on any atom is 0.254 e. The highest BCUT2D eigenvalue weighted by atomic mass is 35.5. The third-order valence-electron chi connectivity index (χ3n) is 6.24. The van der Waals surface area contributed by atoms with Gasteiger partial charge in [-0.2, -0.15) is 0 Å². The summed E-state index contributed by atoms with van der Waals surface area (Å²) in [7, 11) is 0. The first-order valence-corrected chi connectivity index (χ1v) is 13.3. The molecule has 3 aromatic rings. The normalized spacial score (nSPS) is 15.1. The Morgan fingerprint density at radius 3 is 2.64 bits per heavy atom. The Morgan fingerprint density at radius 1 is 1.19 bits per heavy atom. The number of hydrogen-bond acceptors (Lipinski definition) is 4. The second-order valence-electron chi connectivity index (χ2n) is 9.46. The second kappa shape index (κ2) is 11.4. The maximum atomic E-state index is 13.6. The second-order valence-corrected chi connectivity index (χ2v) is 10.9. The van der Waals surface area contributed by atoms with Gasteiger partial charge in [0.15, 0.2) is 0 Å². The number of thiophene rings is 1. The van der Waals surface area contributed by atoms with E-state index < -0.39 is 5.82 Å². The molecule has 190 valence electrons. The van der Waals surface area contributed by atoms with E-state index in [1.165, 1.54) is 29.1 Å². The number of halogens is 2. The summed E-state index contributed by atoms with van der Waals surface area (Å²) in [4.78, 5) is 31.5. The van der Waals surface area contributed by atoms with Crippen LogP contribution in [0.3, 0.4) is 0 Å². The van der Waals surface area contributed by atoms with Crippen molar-refractivity contribution in [2.24, 2.45) is 5.92 Å². The van der Waals surface area contributed by atoms with Gasteiger partial charge in [-0.1, -0.05) is 25.4 Å². The van der Waals surface area contributed by atoms with E-state index in [0.29, 0.717) is 36.0 Å².